The molecule has 1 aromatic heterocycles. The van der Waals surface area contributed by atoms with Gasteiger partial charge in [-0.3, -0.25) is 5.10 Å². The number of aliphatic imine (C=N–C) groups is 1. The van der Waals surface area contributed by atoms with Crippen molar-refractivity contribution in [3.8, 4) is 11.4 Å². The lowest BCUT2D eigenvalue weighted by molar-refractivity contribution is 0.467. The van der Waals surface area contributed by atoms with Crippen molar-refractivity contribution >= 4 is 11.6 Å². The molecular weight excluding hydrogens is 393 g/mol. The van der Waals surface area contributed by atoms with Crippen molar-refractivity contribution in [1.29, 1.82) is 0 Å². The van der Waals surface area contributed by atoms with Crippen LogP contribution in [0.2, 0.25) is 0 Å². The van der Waals surface area contributed by atoms with Gasteiger partial charge in [0.05, 0.1) is 6.54 Å². The van der Waals surface area contributed by atoms with E-state index in [-0.39, 0.29) is 11.9 Å². The van der Waals surface area contributed by atoms with E-state index in [2.05, 4.69) is 49.8 Å². The summed E-state index contributed by atoms with van der Waals surface area (Å²) in [6, 6.07) is 15.2. The van der Waals surface area contributed by atoms with Crippen LogP contribution in [0.4, 0.5) is 10.1 Å². The Labute approximate surface area is 181 Å². The fourth-order valence-corrected chi connectivity index (χ4v) is 3.85. The number of nitrogens with zero attached hydrogens (tertiary/aromatic N) is 4. The molecule has 0 spiro atoms. The summed E-state index contributed by atoms with van der Waals surface area (Å²) in [4.78, 5) is 11.2. The molecule has 1 aliphatic rings. The number of benzene rings is 2. The molecule has 1 unspecified atom stereocenters. The zero-order valence-corrected chi connectivity index (χ0v) is 17.7. The number of halogens is 1. The molecule has 0 bridgehead atoms. The highest BCUT2D eigenvalue weighted by Gasteiger charge is 2.21. The molecule has 162 valence electrons. The number of rotatable bonds is 6. The number of piperidine rings is 1. The Bertz CT molecular complexity index is 1000. The first-order valence-electron chi connectivity index (χ1n) is 10.7. The zero-order chi connectivity index (χ0) is 21.5. The van der Waals surface area contributed by atoms with Crippen LogP contribution in [-0.4, -0.2) is 46.8 Å². The molecule has 4 rings (SSSR count). The van der Waals surface area contributed by atoms with Crippen molar-refractivity contribution in [3.63, 3.8) is 0 Å². The van der Waals surface area contributed by atoms with Gasteiger partial charge in [-0.05, 0) is 49.6 Å². The quantitative estimate of drug-likeness (QED) is 0.420. The summed E-state index contributed by atoms with van der Waals surface area (Å²) in [5, 5.41) is 13.7. The molecule has 2 heterocycles. The highest BCUT2D eigenvalue weighted by Crippen LogP contribution is 2.21. The molecule has 1 aliphatic heterocycles. The van der Waals surface area contributed by atoms with Crippen molar-refractivity contribution in [1.82, 2.24) is 25.8 Å². The van der Waals surface area contributed by atoms with Gasteiger partial charge in [-0.15, -0.1) is 0 Å². The minimum atomic E-state index is -0.199. The second kappa shape index (κ2) is 10.1. The third kappa shape index (κ3) is 5.59. The summed E-state index contributed by atoms with van der Waals surface area (Å²) in [6.45, 7) is 5.14. The Morgan fingerprint density at radius 3 is 2.97 bits per heavy atom. The molecule has 3 N–H and O–H groups in total. The van der Waals surface area contributed by atoms with Gasteiger partial charge in [0.15, 0.2) is 11.8 Å². The van der Waals surface area contributed by atoms with Crippen LogP contribution in [-0.2, 0) is 6.54 Å². The number of hydrogen-bond donors (Lipinski definition) is 3. The summed E-state index contributed by atoms with van der Waals surface area (Å²) < 4.78 is 13.6. The summed E-state index contributed by atoms with van der Waals surface area (Å²) in [6.07, 6.45) is 3.61. The van der Waals surface area contributed by atoms with E-state index in [9.17, 15) is 4.39 Å². The van der Waals surface area contributed by atoms with E-state index in [0.717, 1.165) is 61.1 Å². The van der Waals surface area contributed by atoms with Gasteiger partial charge in [0.2, 0.25) is 0 Å². The van der Waals surface area contributed by atoms with Gasteiger partial charge in [0, 0.05) is 36.9 Å². The Hall–Kier alpha value is -3.42. The summed E-state index contributed by atoms with van der Waals surface area (Å²) in [5.41, 5.74) is 3.01. The van der Waals surface area contributed by atoms with E-state index in [1.165, 1.54) is 12.4 Å². The molecule has 0 aliphatic carbocycles. The zero-order valence-electron chi connectivity index (χ0n) is 17.7. The number of aromatic amines is 1. The van der Waals surface area contributed by atoms with E-state index in [0.29, 0.717) is 6.54 Å². The van der Waals surface area contributed by atoms with Gasteiger partial charge < -0.3 is 15.5 Å². The monoisotopic (exact) mass is 421 g/mol. The molecule has 31 heavy (non-hydrogen) atoms. The average Bonchev–Trinajstić information content (AvgIpc) is 3.33. The van der Waals surface area contributed by atoms with Gasteiger partial charge in [0.1, 0.15) is 12.1 Å². The Balaban J connectivity index is 1.41. The van der Waals surface area contributed by atoms with Crippen molar-refractivity contribution in [2.24, 2.45) is 4.99 Å². The van der Waals surface area contributed by atoms with Crippen LogP contribution in [0, 0.1) is 5.82 Å². The third-order valence-corrected chi connectivity index (χ3v) is 5.31. The third-order valence-electron chi connectivity index (χ3n) is 5.31. The second-order valence-corrected chi connectivity index (χ2v) is 7.64. The minimum absolute atomic E-state index is 0.199. The minimum Gasteiger partial charge on any atom is -0.369 e. The molecule has 0 amide bonds. The van der Waals surface area contributed by atoms with E-state index >= 15 is 0 Å². The molecule has 1 fully saturated rings. The Morgan fingerprint density at radius 2 is 2.16 bits per heavy atom. The number of aromatic nitrogens is 3. The largest absolute Gasteiger partial charge is 0.369 e. The van der Waals surface area contributed by atoms with Gasteiger partial charge in [-0.2, -0.15) is 5.10 Å². The molecule has 1 atom stereocenters. The fraction of sp³-hybridized carbons (Fsp3) is 0.348. The van der Waals surface area contributed by atoms with Gasteiger partial charge >= 0.3 is 0 Å². The molecule has 0 saturated carbocycles. The van der Waals surface area contributed by atoms with Crippen molar-refractivity contribution in [2.75, 3.05) is 24.5 Å². The fourth-order valence-electron chi connectivity index (χ4n) is 3.85. The summed E-state index contributed by atoms with van der Waals surface area (Å²) >= 11 is 0. The molecule has 2 aromatic carbocycles. The van der Waals surface area contributed by atoms with Crippen LogP contribution in [0.5, 0.6) is 0 Å². The van der Waals surface area contributed by atoms with Gasteiger partial charge in [-0.25, -0.2) is 14.4 Å². The number of nitrogens with one attached hydrogen (secondary N) is 3. The van der Waals surface area contributed by atoms with Gasteiger partial charge in [-0.1, -0.05) is 24.3 Å². The summed E-state index contributed by atoms with van der Waals surface area (Å²) in [7, 11) is 0. The van der Waals surface area contributed by atoms with E-state index in [4.69, 9.17) is 4.99 Å². The lowest BCUT2D eigenvalue weighted by Crippen LogP contribution is -2.51. The smallest absolute Gasteiger partial charge is 0.191 e. The van der Waals surface area contributed by atoms with E-state index in [1.807, 2.05) is 18.2 Å². The number of hydrogen-bond acceptors (Lipinski definition) is 4. The molecule has 7 nitrogen and oxygen atoms in total. The maximum absolute atomic E-state index is 13.6. The van der Waals surface area contributed by atoms with Crippen molar-refractivity contribution in [2.45, 2.75) is 32.4 Å². The van der Waals surface area contributed by atoms with Crippen LogP contribution in [0.3, 0.4) is 0 Å². The standard InChI is InChI=1S/C23H28FN7/c1-2-25-23(26-14-17-6-3-7-18(12-17)22-27-16-28-30-22)29-20-9-5-11-31(15-20)21-10-4-8-19(24)13-21/h3-4,6-8,10,12-13,16,20H,2,5,9,11,14-15H2,1H3,(H2,25,26,29)(H,27,28,30). The van der Waals surface area contributed by atoms with Crippen molar-refractivity contribution < 1.29 is 4.39 Å². The van der Waals surface area contributed by atoms with Crippen molar-refractivity contribution in [3.05, 3.63) is 66.2 Å². The molecule has 8 heteroatoms. The lowest BCUT2D eigenvalue weighted by Gasteiger charge is -2.35. The molecule has 1 saturated heterocycles. The highest BCUT2D eigenvalue weighted by atomic mass is 19.1. The predicted octanol–water partition coefficient (Wildman–Crippen LogP) is 3.33. The van der Waals surface area contributed by atoms with E-state index in [1.54, 1.807) is 12.1 Å². The average molecular weight is 422 g/mol. The molecule has 3 aromatic rings. The van der Waals surface area contributed by atoms with Crippen LogP contribution < -0.4 is 15.5 Å². The summed E-state index contributed by atoms with van der Waals surface area (Å²) in [5.74, 6) is 1.34. The Morgan fingerprint density at radius 1 is 1.26 bits per heavy atom. The molecular formula is C23H28FN7. The maximum Gasteiger partial charge on any atom is 0.191 e. The SMILES string of the molecule is CCNC(=NCc1cccc(-c2ncn[nH]2)c1)NC1CCCN(c2cccc(F)c2)C1. The van der Waals surface area contributed by atoms with Crippen LogP contribution >= 0.6 is 0 Å². The normalized spacial score (nSPS) is 16.9. The highest BCUT2D eigenvalue weighted by molar-refractivity contribution is 5.80. The van der Waals surface area contributed by atoms with E-state index < -0.39 is 0 Å². The second-order valence-electron chi connectivity index (χ2n) is 7.64. The first-order chi connectivity index (χ1) is 15.2. The topological polar surface area (TPSA) is 81.2 Å². The first-order valence-corrected chi connectivity index (χ1v) is 10.7. The molecule has 0 radical (unpaired) electrons. The van der Waals surface area contributed by atoms with Gasteiger partial charge in [0.25, 0.3) is 0 Å². The predicted molar refractivity (Wildman–Crippen MR) is 121 cm³/mol. The number of guanidine groups is 1. The Kier molecular flexibility index (Phi) is 6.76. The van der Waals surface area contributed by atoms with Crippen LogP contribution in [0.15, 0.2) is 59.9 Å². The number of H-pyrrole nitrogens is 1. The van der Waals surface area contributed by atoms with Crippen LogP contribution in [0.1, 0.15) is 25.3 Å². The number of anilines is 1. The first kappa shape index (κ1) is 20.8. The lowest BCUT2D eigenvalue weighted by atomic mass is 10.0. The maximum atomic E-state index is 13.6. The van der Waals surface area contributed by atoms with Crippen LogP contribution in [0.25, 0.3) is 11.4 Å².